The van der Waals surface area contributed by atoms with E-state index in [1.54, 1.807) is 13.8 Å². The number of hydrogen-bond acceptors (Lipinski definition) is 4. The van der Waals surface area contributed by atoms with Crippen LogP contribution < -0.4 is 0 Å². The predicted molar refractivity (Wildman–Crippen MR) is 107 cm³/mol. The van der Waals surface area contributed by atoms with Gasteiger partial charge in [-0.1, -0.05) is 24.3 Å². The largest absolute Gasteiger partial charge is 0.478 e. The van der Waals surface area contributed by atoms with Gasteiger partial charge in [-0.15, -0.1) is 0 Å². The number of benzene rings is 4. The number of carboxylic acids is 4. The molecule has 8 nitrogen and oxygen atoms in total. The smallest absolute Gasteiger partial charge is 0.337 e. The summed E-state index contributed by atoms with van der Waals surface area (Å²) >= 11 is 0. The maximum absolute atomic E-state index is 12.1. The highest BCUT2D eigenvalue weighted by molar-refractivity contribution is 6.36. The third-order valence-corrected chi connectivity index (χ3v) is 5.25. The first-order valence-electron chi connectivity index (χ1n) is 8.77. The fourth-order valence-electron chi connectivity index (χ4n) is 4.33. The Kier molecular flexibility index (Phi) is 3.92. The maximum Gasteiger partial charge on any atom is 0.337 e. The van der Waals surface area contributed by atoms with Gasteiger partial charge in [0.1, 0.15) is 0 Å². The molecule has 4 N–H and O–H groups in total. The highest BCUT2D eigenvalue weighted by atomic mass is 16.4. The Hall–Kier alpha value is -4.20. The first-order valence-corrected chi connectivity index (χ1v) is 8.77. The van der Waals surface area contributed by atoms with E-state index in [4.69, 9.17) is 0 Å². The molecule has 0 saturated carbocycles. The average Bonchev–Trinajstić information content (AvgIpc) is 2.62. The summed E-state index contributed by atoms with van der Waals surface area (Å²) in [5.41, 5.74) is -0.917. The van der Waals surface area contributed by atoms with Crippen molar-refractivity contribution in [2.75, 3.05) is 0 Å². The third-order valence-electron chi connectivity index (χ3n) is 5.25. The second kappa shape index (κ2) is 6.15. The van der Waals surface area contributed by atoms with E-state index >= 15 is 0 Å². The molecule has 4 aromatic rings. The van der Waals surface area contributed by atoms with Crippen molar-refractivity contribution >= 4 is 56.2 Å². The van der Waals surface area contributed by atoms with E-state index in [0.717, 1.165) is 0 Å². The first-order chi connectivity index (χ1) is 14.0. The second-order valence-corrected chi connectivity index (χ2v) is 7.19. The van der Waals surface area contributed by atoms with E-state index in [0.29, 0.717) is 11.1 Å². The van der Waals surface area contributed by atoms with E-state index in [1.807, 2.05) is 0 Å². The van der Waals surface area contributed by atoms with Gasteiger partial charge in [-0.25, -0.2) is 19.2 Å². The zero-order valence-corrected chi connectivity index (χ0v) is 15.7. The molecule has 0 radical (unpaired) electrons. The van der Waals surface area contributed by atoms with Crippen LogP contribution in [-0.4, -0.2) is 44.3 Å². The predicted octanol–water partition coefficient (Wildman–Crippen LogP) is 3.99. The highest BCUT2D eigenvalue weighted by Crippen LogP contribution is 2.44. The van der Waals surface area contributed by atoms with Gasteiger partial charge < -0.3 is 20.4 Å². The molecule has 0 aliphatic rings. The number of carboxylic acid groups (broad SMARTS) is 4. The lowest BCUT2D eigenvalue weighted by Gasteiger charge is -2.20. The molecule has 30 heavy (non-hydrogen) atoms. The van der Waals surface area contributed by atoms with E-state index in [1.165, 1.54) is 24.3 Å². The van der Waals surface area contributed by atoms with Gasteiger partial charge in [0.2, 0.25) is 0 Å². The number of rotatable bonds is 4. The van der Waals surface area contributed by atoms with Crippen molar-refractivity contribution in [3.63, 3.8) is 0 Å². The van der Waals surface area contributed by atoms with Crippen LogP contribution in [0.25, 0.3) is 32.3 Å². The van der Waals surface area contributed by atoms with Crippen molar-refractivity contribution < 1.29 is 39.6 Å². The zero-order chi connectivity index (χ0) is 22.1. The molecule has 8 heteroatoms. The minimum atomic E-state index is -1.47. The molecule has 0 aromatic heterocycles. The highest BCUT2D eigenvalue weighted by Gasteiger charge is 2.31. The molecule has 0 atom stereocenters. The van der Waals surface area contributed by atoms with Crippen LogP contribution in [0.5, 0.6) is 0 Å². The van der Waals surface area contributed by atoms with Gasteiger partial charge in [0, 0.05) is 0 Å². The van der Waals surface area contributed by atoms with E-state index in [9.17, 15) is 39.6 Å². The lowest BCUT2D eigenvalue weighted by atomic mass is 9.82. The molecular formula is C22H14O8. The van der Waals surface area contributed by atoms with Crippen molar-refractivity contribution in [1.82, 2.24) is 0 Å². The molecule has 4 rings (SSSR count). The molecule has 4 aromatic carbocycles. The molecule has 0 saturated heterocycles. The fourth-order valence-corrected chi connectivity index (χ4v) is 4.33. The van der Waals surface area contributed by atoms with Gasteiger partial charge in [0.15, 0.2) is 0 Å². The number of aryl methyl sites for hydroxylation is 2. The van der Waals surface area contributed by atoms with Crippen LogP contribution in [0.15, 0.2) is 24.3 Å². The van der Waals surface area contributed by atoms with Crippen LogP contribution in [0.1, 0.15) is 52.6 Å². The Balaban J connectivity index is 2.57. The summed E-state index contributed by atoms with van der Waals surface area (Å²) in [6.45, 7) is 3.19. The van der Waals surface area contributed by atoms with Gasteiger partial charge in [0.05, 0.1) is 22.3 Å². The van der Waals surface area contributed by atoms with Gasteiger partial charge in [-0.05, 0) is 57.3 Å². The molecule has 0 unspecified atom stereocenters. The summed E-state index contributed by atoms with van der Waals surface area (Å²) in [6, 6.07) is 5.90. The van der Waals surface area contributed by atoms with Crippen molar-refractivity contribution in [2.45, 2.75) is 13.8 Å². The summed E-state index contributed by atoms with van der Waals surface area (Å²) in [7, 11) is 0. The number of hydrogen-bond donors (Lipinski definition) is 4. The molecule has 0 amide bonds. The van der Waals surface area contributed by atoms with Crippen LogP contribution in [0, 0.1) is 13.8 Å². The Bertz CT molecular complexity index is 1250. The lowest BCUT2D eigenvalue weighted by Crippen LogP contribution is -2.14. The summed E-state index contributed by atoms with van der Waals surface area (Å²) in [4.78, 5) is 48.4. The van der Waals surface area contributed by atoms with Crippen molar-refractivity contribution in [3.05, 3.63) is 57.6 Å². The number of aromatic carboxylic acids is 4. The fraction of sp³-hybridized carbons (Fsp3) is 0.0909. The van der Waals surface area contributed by atoms with Gasteiger partial charge >= 0.3 is 23.9 Å². The van der Waals surface area contributed by atoms with Crippen molar-refractivity contribution in [1.29, 1.82) is 0 Å². The molecule has 0 bridgehead atoms. The molecule has 0 aliphatic carbocycles. The Morgan fingerprint density at radius 3 is 0.867 bits per heavy atom. The monoisotopic (exact) mass is 406 g/mol. The zero-order valence-electron chi connectivity index (χ0n) is 15.7. The Labute approximate surface area is 167 Å². The SMILES string of the molecule is Cc1cc2c(C(=O)O)c(C(=O)O)c3cc(C)cc4c(C(=O)O)c(C(=O)O)c(c1)c2c34. The van der Waals surface area contributed by atoms with Gasteiger partial charge in [-0.3, -0.25) is 0 Å². The lowest BCUT2D eigenvalue weighted by molar-refractivity contribution is 0.0654. The number of carbonyl (C=O) groups is 4. The van der Waals surface area contributed by atoms with Gasteiger partial charge in [-0.2, -0.15) is 0 Å². The van der Waals surface area contributed by atoms with Crippen LogP contribution in [0.4, 0.5) is 0 Å². The van der Waals surface area contributed by atoms with E-state index in [2.05, 4.69) is 0 Å². The minimum Gasteiger partial charge on any atom is -0.478 e. The maximum atomic E-state index is 12.1. The van der Waals surface area contributed by atoms with E-state index in [-0.39, 0.29) is 32.3 Å². The standard InChI is InChI=1S/C22H14O8/c1-7-3-9-13-10(4-7)16(20(25)26)18(22(29)30)12-6-8(2)5-11(14(12)13)17(21(27)28)15(9)19(23)24/h3-6H,1-2H3,(H,23,24)(H,25,26)(H,27,28)(H,29,30). The molecule has 0 spiro atoms. The van der Waals surface area contributed by atoms with Crippen LogP contribution >= 0.6 is 0 Å². The Morgan fingerprint density at radius 2 is 0.700 bits per heavy atom. The first kappa shape index (κ1) is 19.1. The molecule has 0 fully saturated rings. The van der Waals surface area contributed by atoms with Crippen molar-refractivity contribution in [2.24, 2.45) is 0 Å². The Morgan fingerprint density at radius 1 is 0.500 bits per heavy atom. The molecule has 0 heterocycles. The average molecular weight is 406 g/mol. The summed E-state index contributed by atoms with van der Waals surface area (Å²) < 4.78 is 0. The van der Waals surface area contributed by atoms with E-state index < -0.39 is 46.1 Å². The van der Waals surface area contributed by atoms with Crippen LogP contribution in [-0.2, 0) is 0 Å². The second-order valence-electron chi connectivity index (χ2n) is 7.19. The normalized spacial score (nSPS) is 11.4. The summed E-state index contributed by atoms with van der Waals surface area (Å²) in [5, 5.41) is 40.0. The van der Waals surface area contributed by atoms with Crippen LogP contribution in [0.2, 0.25) is 0 Å². The van der Waals surface area contributed by atoms with Crippen LogP contribution in [0.3, 0.4) is 0 Å². The quantitative estimate of drug-likeness (QED) is 0.372. The summed E-state index contributed by atoms with van der Waals surface area (Å²) in [5.74, 6) is -5.89. The molecule has 0 aliphatic heterocycles. The minimum absolute atomic E-state index is 0.0516. The topological polar surface area (TPSA) is 149 Å². The third kappa shape index (κ3) is 2.40. The van der Waals surface area contributed by atoms with Gasteiger partial charge in [0.25, 0.3) is 0 Å². The van der Waals surface area contributed by atoms with Crippen molar-refractivity contribution in [3.8, 4) is 0 Å². The summed E-state index contributed by atoms with van der Waals surface area (Å²) in [6.07, 6.45) is 0. The molecular weight excluding hydrogens is 392 g/mol. The molecule has 150 valence electrons.